The predicted octanol–water partition coefficient (Wildman–Crippen LogP) is 2.45. The first kappa shape index (κ1) is 15.8. The maximum atomic E-state index is 12.8. The molecule has 0 aromatic heterocycles. The molecule has 1 aromatic carbocycles. The number of hydrogen-bond acceptors (Lipinski definition) is 2. The number of carbonyl (C=O) groups excluding carboxylic acids is 1. The Morgan fingerprint density at radius 2 is 1.95 bits per heavy atom. The van der Waals surface area contributed by atoms with Crippen LogP contribution in [0.4, 0.5) is 9.18 Å². The maximum Gasteiger partial charge on any atom is 0.317 e. The largest absolute Gasteiger partial charge is 0.334 e. The lowest BCUT2D eigenvalue weighted by Crippen LogP contribution is -2.49. The van der Waals surface area contributed by atoms with Crippen molar-refractivity contribution in [3.63, 3.8) is 0 Å². The van der Waals surface area contributed by atoms with Crippen molar-refractivity contribution in [3.05, 3.63) is 35.6 Å². The van der Waals surface area contributed by atoms with E-state index in [4.69, 9.17) is 0 Å². The van der Waals surface area contributed by atoms with Crippen molar-refractivity contribution in [1.29, 1.82) is 0 Å². The quantitative estimate of drug-likeness (QED) is 0.925. The molecule has 5 heteroatoms. The van der Waals surface area contributed by atoms with Crippen molar-refractivity contribution in [3.8, 4) is 0 Å². The van der Waals surface area contributed by atoms with Gasteiger partial charge in [0.25, 0.3) is 0 Å². The topological polar surface area (TPSA) is 35.6 Å². The van der Waals surface area contributed by atoms with Crippen LogP contribution in [0, 0.1) is 5.82 Å². The Balaban J connectivity index is 1.86. The molecule has 1 heterocycles. The number of piperidine rings is 1. The fraction of sp³-hybridized carbons (Fsp3) is 0.562. The van der Waals surface area contributed by atoms with Gasteiger partial charge in [-0.15, -0.1) is 0 Å². The molecule has 0 spiro atoms. The molecular weight excluding hydrogens is 269 g/mol. The summed E-state index contributed by atoms with van der Waals surface area (Å²) in [5.74, 6) is -0.258. The SMILES string of the molecule is CCN(C(=O)NCc1ccc(F)cc1)C1CCN(C)CC1. The van der Waals surface area contributed by atoms with Gasteiger partial charge in [-0.1, -0.05) is 12.1 Å². The molecule has 1 aliphatic rings. The van der Waals surface area contributed by atoms with Gasteiger partial charge in [-0.2, -0.15) is 0 Å². The highest BCUT2D eigenvalue weighted by Gasteiger charge is 2.25. The van der Waals surface area contributed by atoms with Gasteiger partial charge in [0.05, 0.1) is 0 Å². The average molecular weight is 293 g/mol. The summed E-state index contributed by atoms with van der Waals surface area (Å²) in [5, 5.41) is 2.93. The second-order valence-electron chi connectivity index (χ2n) is 5.61. The minimum Gasteiger partial charge on any atom is -0.334 e. The number of halogens is 1. The van der Waals surface area contributed by atoms with E-state index >= 15 is 0 Å². The van der Waals surface area contributed by atoms with E-state index in [-0.39, 0.29) is 11.8 Å². The van der Waals surface area contributed by atoms with E-state index in [9.17, 15) is 9.18 Å². The van der Waals surface area contributed by atoms with Gasteiger partial charge in [0, 0.05) is 19.1 Å². The van der Waals surface area contributed by atoms with E-state index in [0.717, 1.165) is 31.5 Å². The Hall–Kier alpha value is -1.62. The summed E-state index contributed by atoms with van der Waals surface area (Å²) < 4.78 is 12.8. The zero-order valence-corrected chi connectivity index (χ0v) is 12.8. The van der Waals surface area contributed by atoms with Crippen LogP contribution >= 0.6 is 0 Å². The third-order valence-electron chi connectivity index (χ3n) is 4.09. The molecule has 1 aromatic rings. The minimum atomic E-state index is -0.258. The lowest BCUT2D eigenvalue weighted by atomic mass is 10.0. The molecule has 2 rings (SSSR count). The molecule has 1 N–H and O–H groups in total. The van der Waals surface area contributed by atoms with Crippen molar-refractivity contribution < 1.29 is 9.18 Å². The first-order chi connectivity index (χ1) is 10.1. The maximum absolute atomic E-state index is 12.8. The van der Waals surface area contributed by atoms with E-state index in [0.29, 0.717) is 19.1 Å². The Kier molecular flexibility index (Phi) is 5.56. The molecule has 0 aliphatic carbocycles. The van der Waals surface area contributed by atoms with Gasteiger partial charge < -0.3 is 15.1 Å². The zero-order chi connectivity index (χ0) is 15.2. The van der Waals surface area contributed by atoms with Crippen molar-refractivity contribution >= 4 is 6.03 Å². The fourth-order valence-corrected chi connectivity index (χ4v) is 2.76. The lowest BCUT2D eigenvalue weighted by Gasteiger charge is -2.36. The second kappa shape index (κ2) is 7.41. The molecule has 116 valence electrons. The molecule has 0 radical (unpaired) electrons. The number of urea groups is 1. The molecule has 4 nitrogen and oxygen atoms in total. The van der Waals surface area contributed by atoms with Crippen LogP contribution in [0.2, 0.25) is 0 Å². The molecule has 1 fully saturated rings. The number of amides is 2. The van der Waals surface area contributed by atoms with Crippen molar-refractivity contribution in [2.24, 2.45) is 0 Å². The summed E-state index contributed by atoms with van der Waals surface area (Å²) in [4.78, 5) is 16.5. The summed E-state index contributed by atoms with van der Waals surface area (Å²) >= 11 is 0. The number of likely N-dealkylation sites (tertiary alicyclic amines) is 1. The van der Waals surface area contributed by atoms with Crippen LogP contribution in [-0.2, 0) is 6.54 Å². The molecule has 0 unspecified atom stereocenters. The van der Waals surface area contributed by atoms with Crippen molar-refractivity contribution in [2.75, 3.05) is 26.7 Å². The highest BCUT2D eigenvalue weighted by atomic mass is 19.1. The number of rotatable bonds is 4. The smallest absolute Gasteiger partial charge is 0.317 e. The highest BCUT2D eigenvalue weighted by molar-refractivity contribution is 5.74. The summed E-state index contributed by atoms with van der Waals surface area (Å²) in [6.45, 7) is 5.22. The number of hydrogen-bond donors (Lipinski definition) is 1. The molecule has 0 atom stereocenters. The molecular formula is C16H24FN3O. The van der Waals surface area contributed by atoms with Gasteiger partial charge in [-0.25, -0.2) is 9.18 Å². The Labute approximate surface area is 125 Å². The van der Waals surface area contributed by atoms with Gasteiger partial charge in [-0.05, 0) is 57.6 Å². The predicted molar refractivity (Wildman–Crippen MR) is 81.5 cm³/mol. The first-order valence-electron chi connectivity index (χ1n) is 7.57. The van der Waals surface area contributed by atoms with Crippen molar-refractivity contribution in [1.82, 2.24) is 15.1 Å². The Morgan fingerprint density at radius 3 is 2.52 bits per heavy atom. The van der Waals surface area contributed by atoms with Gasteiger partial charge in [0.15, 0.2) is 0 Å². The highest BCUT2D eigenvalue weighted by Crippen LogP contribution is 2.15. The molecule has 1 aliphatic heterocycles. The Morgan fingerprint density at radius 1 is 1.33 bits per heavy atom. The summed E-state index contributed by atoms with van der Waals surface area (Å²) in [6.07, 6.45) is 2.04. The van der Waals surface area contributed by atoms with Crippen molar-refractivity contribution in [2.45, 2.75) is 32.4 Å². The van der Waals surface area contributed by atoms with E-state index in [1.165, 1.54) is 12.1 Å². The summed E-state index contributed by atoms with van der Waals surface area (Å²) in [7, 11) is 2.11. The minimum absolute atomic E-state index is 0.0311. The van der Waals surface area contributed by atoms with Crippen LogP contribution in [0.5, 0.6) is 0 Å². The van der Waals surface area contributed by atoms with Crippen LogP contribution in [0.15, 0.2) is 24.3 Å². The van der Waals surface area contributed by atoms with E-state index in [1.807, 2.05) is 11.8 Å². The third kappa shape index (κ3) is 4.43. The number of nitrogens with one attached hydrogen (secondary N) is 1. The molecule has 1 saturated heterocycles. The lowest BCUT2D eigenvalue weighted by molar-refractivity contribution is 0.135. The van der Waals surface area contributed by atoms with Crippen LogP contribution in [0.1, 0.15) is 25.3 Å². The number of nitrogens with zero attached hydrogens (tertiary/aromatic N) is 2. The van der Waals surface area contributed by atoms with E-state index in [1.54, 1.807) is 12.1 Å². The monoisotopic (exact) mass is 293 g/mol. The van der Waals surface area contributed by atoms with Crippen LogP contribution < -0.4 is 5.32 Å². The standard InChI is InChI=1S/C16H24FN3O/c1-3-20(15-8-10-19(2)11-9-15)16(21)18-12-13-4-6-14(17)7-5-13/h4-7,15H,3,8-12H2,1-2H3,(H,18,21). The molecule has 0 saturated carbocycles. The molecule has 0 bridgehead atoms. The molecule has 21 heavy (non-hydrogen) atoms. The number of carbonyl (C=O) groups is 1. The van der Waals surface area contributed by atoms with Gasteiger partial charge in [0.1, 0.15) is 5.82 Å². The molecule has 2 amide bonds. The fourth-order valence-electron chi connectivity index (χ4n) is 2.76. The average Bonchev–Trinajstić information content (AvgIpc) is 2.49. The van der Waals surface area contributed by atoms with Gasteiger partial charge in [0.2, 0.25) is 0 Å². The van der Waals surface area contributed by atoms with E-state index < -0.39 is 0 Å². The van der Waals surface area contributed by atoms with Gasteiger partial charge in [-0.3, -0.25) is 0 Å². The summed E-state index contributed by atoms with van der Waals surface area (Å²) in [5.41, 5.74) is 0.907. The van der Waals surface area contributed by atoms with Gasteiger partial charge >= 0.3 is 6.03 Å². The zero-order valence-electron chi connectivity index (χ0n) is 12.8. The van der Waals surface area contributed by atoms with E-state index in [2.05, 4.69) is 17.3 Å². The second-order valence-corrected chi connectivity index (χ2v) is 5.61. The van der Waals surface area contributed by atoms with Crippen LogP contribution in [0.25, 0.3) is 0 Å². The first-order valence-corrected chi connectivity index (χ1v) is 7.57. The normalized spacial score (nSPS) is 16.7. The Bertz CT molecular complexity index is 455. The third-order valence-corrected chi connectivity index (χ3v) is 4.09. The number of benzene rings is 1. The van der Waals surface area contributed by atoms with Crippen LogP contribution in [-0.4, -0.2) is 48.6 Å². The van der Waals surface area contributed by atoms with Crippen LogP contribution in [0.3, 0.4) is 0 Å². The summed E-state index contributed by atoms with van der Waals surface area (Å²) in [6, 6.07) is 6.51.